The Balaban J connectivity index is 2.41. The van der Waals surface area contributed by atoms with Crippen LogP contribution in [0.3, 0.4) is 0 Å². The number of hydrogen-bond acceptors (Lipinski definition) is 4. The van der Waals surface area contributed by atoms with Crippen LogP contribution in [0.25, 0.3) is 0 Å². The van der Waals surface area contributed by atoms with E-state index in [1.54, 1.807) is 6.20 Å². The van der Waals surface area contributed by atoms with Gasteiger partial charge in [0, 0.05) is 17.3 Å². The Morgan fingerprint density at radius 2 is 2.12 bits per heavy atom. The van der Waals surface area contributed by atoms with Crippen LogP contribution in [0.15, 0.2) is 12.3 Å². The minimum absolute atomic E-state index is 0.0288. The zero-order valence-corrected chi connectivity index (χ0v) is 9.82. The lowest BCUT2D eigenvalue weighted by molar-refractivity contribution is -0.0340. The van der Waals surface area contributed by atoms with E-state index < -0.39 is 5.41 Å². The molecule has 2 heterocycles. The smallest absolute Gasteiger partial charge is 0.163 e. The summed E-state index contributed by atoms with van der Waals surface area (Å²) < 4.78 is 5.11. The molecule has 0 saturated carbocycles. The molecule has 1 saturated heterocycles. The van der Waals surface area contributed by atoms with Gasteiger partial charge in [-0.3, -0.25) is 0 Å². The van der Waals surface area contributed by atoms with Gasteiger partial charge in [-0.1, -0.05) is 20.8 Å². The van der Waals surface area contributed by atoms with E-state index in [1.165, 1.54) is 0 Å². The summed E-state index contributed by atoms with van der Waals surface area (Å²) in [6, 6.07) is 4.16. The van der Waals surface area contributed by atoms with Gasteiger partial charge in [0.1, 0.15) is 0 Å². The topological polar surface area (TPSA) is 58.8 Å². The van der Waals surface area contributed by atoms with Gasteiger partial charge in [0.25, 0.3) is 0 Å². The van der Waals surface area contributed by atoms with Crippen molar-refractivity contribution in [2.75, 3.05) is 13.2 Å². The van der Waals surface area contributed by atoms with Crippen LogP contribution in [-0.4, -0.2) is 23.2 Å². The highest BCUT2D eigenvalue weighted by atomic mass is 16.5. The van der Waals surface area contributed by atoms with Crippen molar-refractivity contribution >= 4 is 0 Å². The average Bonchev–Trinajstić information content (AvgIpc) is 2.16. The molecule has 1 aromatic rings. The zero-order valence-electron chi connectivity index (χ0n) is 9.82. The van der Waals surface area contributed by atoms with Gasteiger partial charge < -0.3 is 4.74 Å². The van der Waals surface area contributed by atoms with E-state index in [2.05, 4.69) is 36.8 Å². The van der Waals surface area contributed by atoms with E-state index in [0.717, 1.165) is 5.69 Å². The normalized spacial score (nSPS) is 18.6. The second kappa shape index (κ2) is 3.53. The molecule has 1 aliphatic rings. The predicted octanol–water partition coefficient (Wildman–Crippen LogP) is 1.57. The van der Waals surface area contributed by atoms with Crippen LogP contribution in [-0.2, 0) is 15.6 Å². The molecule has 0 spiro atoms. The minimum atomic E-state index is -0.624. The first kappa shape index (κ1) is 11.0. The van der Waals surface area contributed by atoms with E-state index in [9.17, 15) is 5.26 Å². The van der Waals surface area contributed by atoms with Crippen molar-refractivity contribution < 1.29 is 4.74 Å². The quantitative estimate of drug-likeness (QED) is 0.716. The van der Waals surface area contributed by atoms with Gasteiger partial charge in [-0.05, 0) is 6.07 Å². The molecule has 0 aliphatic carbocycles. The lowest BCUT2D eigenvalue weighted by Crippen LogP contribution is -2.47. The van der Waals surface area contributed by atoms with Crippen molar-refractivity contribution in [2.45, 2.75) is 31.6 Å². The molecule has 4 heteroatoms. The Morgan fingerprint density at radius 3 is 2.56 bits per heavy atom. The maximum atomic E-state index is 9.17. The fourth-order valence-electron chi connectivity index (χ4n) is 1.56. The highest BCUT2D eigenvalue weighted by molar-refractivity contribution is 5.26. The maximum Gasteiger partial charge on any atom is 0.163 e. The number of ether oxygens (including phenoxy) is 1. The van der Waals surface area contributed by atoms with Crippen LogP contribution in [0.1, 0.15) is 32.3 Å². The predicted molar refractivity (Wildman–Crippen MR) is 58.8 cm³/mol. The van der Waals surface area contributed by atoms with E-state index in [0.29, 0.717) is 19.0 Å². The van der Waals surface area contributed by atoms with Crippen molar-refractivity contribution in [1.29, 1.82) is 5.26 Å². The van der Waals surface area contributed by atoms with Gasteiger partial charge in [0.05, 0.1) is 19.3 Å². The number of rotatable bonds is 1. The van der Waals surface area contributed by atoms with Crippen LogP contribution in [0.4, 0.5) is 0 Å². The number of nitrogens with zero attached hydrogens (tertiary/aromatic N) is 3. The summed E-state index contributed by atoms with van der Waals surface area (Å²) in [4.78, 5) is 8.70. The highest BCUT2D eigenvalue weighted by Gasteiger charge is 2.44. The molecule has 16 heavy (non-hydrogen) atoms. The molecule has 0 atom stereocenters. The summed E-state index contributed by atoms with van der Waals surface area (Å²) >= 11 is 0. The van der Waals surface area contributed by atoms with Crippen LogP contribution in [0.5, 0.6) is 0 Å². The first-order chi connectivity index (χ1) is 7.48. The van der Waals surface area contributed by atoms with Crippen LogP contribution < -0.4 is 0 Å². The summed E-state index contributed by atoms with van der Waals surface area (Å²) in [5.41, 5.74) is 0.305. The van der Waals surface area contributed by atoms with E-state index in [1.807, 2.05) is 6.07 Å². The molecule has 0 aromatic carbocycles. The Labute approximate surface area is 95.3 Å². The Kier molecular flexibility index (Phi) is 2.43. The average molecular weight is 217 g/mol. The second-order valence-electron chi connectivity index (χ2n) is 5.20. The first-order valence-electron chi connectivity index (χ1n) is 5.31. The highest BCUT2D eigenvalue weighted by Crippen LogP contribution is 2.30. The molecule has 1 fully saturated rings. The molecule has 0 N–H and O–H groups in total. The SMILES string of the molecule is CC(C)(C)c1ccnc(C2(C#N)COC2)n1. The minimum Gasteiger partial charge on any atom is -0.377 e. The van der Waals surface area contributed by atoms with Gasteiger partial charge in [0.2, 0.25) is 0 Å². The fraction of sp³-hybridized carbons (Fsp3) is 0.583. The van der Waals surface area contributed by atoms with Crippen molar-refractivity contribution in [3.05, 3.63) is 23.8 Å². The lowest BCUT2D eigenvalue weighted by Gasteiger charge is -2.33. The van der Waals surface area contributed by atoms with Gasteiger partial charge in [-0.2, -0.15) is 5.26 Å². The summed E-state index contributed by atoms with van der Waals surface area (Å²) in [5.74, 6) is 0.591. The third-order valence-corrected chi connectivity index (χ3v) is 2.76. The molecule has 1 aromatic heterocycles. The third-order valence-electron chi connectivity index (χ3n) is 2.76. The molecule has 2 rings (SSSR count). The van der Waals surface area contributed by atoms with Gasteiger partial charge in [0.15, 0.2) is 11.2 Å². The molecular formula is C12H15N3O. The molecule has 0 unspecified atom stereocenters. The number of nitriles is 1. The van der Waals surface area contributed by atoms with Crippen molar-refractivity contribution in [3.63, 3.8) is 0 Å². The zero-order chi connectivity index (χ0) is 11.8. The van der Waals surface area contributed by atoms with Crippen molar-refractivity contribution in [1.82, 2.24) is 9.97 Å². The van der Waals surface area contributed by atoms with E-state index in [4.69, 9.17) is 4.74 Å². The summed E-state index contributed by atoms with van der Waals surface area (Å²) in [6.45, 7) is 7.08. The number of hydrogen-bond donors (Lipinski definition) is 0. The summed E-state index contributed by atoms with van der Waals surface area (Å²) in [7, 11) is 0. The van der Waals surface area contributed by atoms with Gasteiger partial charge in [-0.25, -0.2) is 9.97 Å². The fourth-order valence-corrected chi connectivity index (χ4v) is 1.56. The Hall–Kier alpha value is -1.47. The van der Waals surface area contributed by atoms with Crippen LogP contribution in [0, 0.1) is 11.3 Å². The molecular weight excluding hydrogens is 202 g/mol. The summed E-state index contributed by atoms with van der Waals surface area (Å²) in [6.07, 6.45) is 1.72. The lowest BCUT2D eigenvalue weighted by atomic mass is 9.86. The van der Waals surface area contributed by atoms with Gasteiger partial charge in [-0.15, -0.1) is 0 Å². The van der Waals surface area contributed by atoms with Gasteiger partial charge >= 0.3 is 0 Å². The Bertz CT molecular complexity index is 438. The second-order valence-corrected chi connectivity index (χ2v) is 5.20. The third kappa shape index (κ3) is 1.68. The number of aromatic nitrogens is 2. The largest absolute Gasteiger partial charge is 0.377 e. The maximum absolute atomic E-state index is 9.17. The molecule has 4 nitrogen and oxygen atoms in total. The van der Waals surface area contributed by atoms with E-state index in [-0.39, 0.29) is 5.41 Å². The monoisotopic (exact) mass is 217 g/mol. The molecule has 0 bridgehead atoms. The van der Waals surface area contributed by atoms with Crippen molar-refractivity contribution in [3.8, 4) is 6.07 Å². The van der Waals surface area contributed by atoms with E-state index >= 15 is 0 Å². The Morgan fingerprint density at radius 1 is 1.44 bits per heavy atom. The first-order valence-corrected chi connectivity index (χ1v) is 5.31. The standard InChI is InChI=1S/C12H15N3O/c1-11(2,3)9-4-5-14-10(15-9)12(6-13)7-16-8-12/h4-5H,7-8H2,1-3H3. The molecule has 0 radical (unpaired) electrons. The summed E-state index contributed by atoms with van der Waals surface area (Å²) in [5, 5.41) is 9.17. The molecule has 0 amide bonds. The van der Waals surface area contributed by atoms with Crippen LogP contribution >= 0.6 is 0 Å². The molecule has 1 aliphatic heterocycles. The van der Waals surface area contributed by atoms with Crippen LogP contribution in [0.2, 0.25) is 0 Å². The van der Waals surface area contributed by atoms with Crippen molar-refractivity contribution in [2.24, 2.45) is 0 Å². The molecule has 84 valence electrons.